The first kappa shape index (κ1) is 9.66. The van der Waals surface area contributed by atoms with Gasteiger partial charge in [-0.3, -0.25) is 4.79 Å². The van der Waals surface area contributed by atoms with E-state index in [1.807, 2.05) is 0 Å². The van der Waals surface area contributed by atoms with E-state index in [-0.39, 0.29) is 12.2 Å². The Labute approximate surface area is 65.5 Å². The van der Waals surface area contributed by atoms with Crippen molar-refractivity contribution in [3.05, 3.63) is 12.2 Å². The van der Waals surface area contributed by atoms with Crippen LogP contribution < -0.4 is 0 Å². The van der Waals surface area contributed by atoms with Gasteiger partial charge in [0.05, 0.1) is 6.10 Å². The topological polar surface area (TPSA) is 37.3 Å². The first-order chi connectivity index (χ1) is 4.66. The molecule has 0 saturated carbocycles. The van der Waals surface area contributed by atoms with Crippen molar-refractivity contribution in [1.82, 2.24) is 0 Å². The van der Waals surface area contributed by atoms with E-state index in [9.17, 15) is 4.79 Å². The number of allylic oxidation sites excluding steroid dienone is 2. The zero-order valence-electron chi connectivity index (χ0n) is 5.88. The molecule has 0 aliphatic carbocycles. The number of aliphatic hydroxyl groups excluding tert-OH is 1. The second-order valence-electron chi connectivity index (χ2n) is 2.08. The highest BCUT2D eigenvalue weighted by atomic mass is 35.5. The number of aliphatic hydroxyl groups is 1. The van der Waals surface area contributed by atoms with E-state index >= 15 is 0 Å². The van der Waals surface area contributed by atoms with Gasteiger partial charge in [-0.1, -0.05) is 6.08 Å². The smallest absolute Gasteiger partial charge is 0.157 e. The van der Waals surface area contributed by atoms with Gasteiger partial charge in [0.1, 0.15) is 0 Å². The maximum atomic E-state index is 10.7. The van der Waals surface area contributed by atoms with Crippen LogP contribution >= 0.6 is 11.6 Å². The van der Waals surface area contributed by atoms with E-state index in [2.05, 4.69) is 0 Å². The molecule has 0 aliphatic heterocycles. The lowest BCUT2D eigenvalue weighted by molar-refractivity contribution is -0.116. The summed E-state index contributed by atoms with van der Waals surface area (Å²) < 4.78 is 0. The standard InChI is InChI=1S/C7H11ClO2/c1-6(9)5-7(10)3-2-4-8/h2-3,6,9H,4-5H2,1H3/b3-2+. The summed E-state index contributed by atoms with van der Waals surface area (Å²) in [7, 11) is 0. The van der Waals surface area contributed by atoms with Crippen LogP contribution in [0.5, 0.6) is 0 Å². The average Bonchev–Trinajstić information content (AvgIpc) is 1.82. The number of hydrogen-bond donors (Lipinski definition) is 1. The van der Waals surface area contributed by atoms with E-state index in [4.69, 9.17) is 16.7 Å². The lowest BCUT2D eigenvalue weighted by atomic mass is 10.2. The Balaban J connectivity index is 3.54. The second-order valence-corrected chi connectivity index (χ2v) is 2.38. The van der Waals surface area contributed by atoms with Crippen molar-refractivity contribution in [2.75, 3.05) is 5.88 Å². The molecule has 0 rings (SSSR count). The lowest BCUT2D eigenvalue weighted by Crippen LogP contribution is -2.06. The largest absolute Gasteiger partial charge is 0.393 e. The Morgan fingerprint density at radius 2 is 2.40 bits per heavy atom. The molecule has 0 aromatic heterocycles. The van der Waals surface area contributed by atoms with Crippen LogP contribution in [-0.4, -0.2) is 22.9 Å². The number of halogens is 1. The maximum absolute atomic E-state index is 10.7. The molecule has 1 atom stereocenters. The van der Waals surface area contributed by atoms with Gasteiger partial charge < -0.3 is 5.11 Å². The summed E-state index contributed by atoms with van der Waals surface area (Å²) in [4.78, 5) is 10.7. The molecule has 0 aliphatic rings. The van der Waals surface area contributed by atoms with E-state index in [1.165, 1.54) is 6.08 Å². The fraction of sp³-hybridized carbons (Fsp3) is 0.571. The predicted molar refractivity (Wildman–Crippen MR) is 41.2 cm³/mol. The molecule has 0 saturated heterocycles. The van der Waals surface area contributed by atoms with Crippen molar-refractivity contribution in [3.63, 3.8) is 0 Å². The lowest BCUT2D eigenvalue weighted by Gasteiger charge is -1.96. The molecule has 0 bridgehead atoms. The summed E-state index contributed by atoms with van der Waals surface area (Å²) in [5, 5.41) is 8.73. The molecule has 1 unspecified atom stereocenters. The van der Waals surface area contributed by atoms with Gasteiger partial charge in [0.25, 0.3) is 0 Å². The van der Waals surface area contributed by atoms with Crippen molar-refractivity contribution in [2.24, 2.45) is 0 Å². The zero-order valence-corrected chi connectivity index (χ0v) is 6.64. The SMILES string of the molecule is CC(O)CC(=O)/C=C/CCl. The molecule has 58 valence electrons. The number of carbonyl (C=O) groups excluding carboxylic acids is 1. The minimum Gasteiger partial charge on any atom is -0.393 e. The third kappa shape index (κ3) is 5.79. The summed E-state index contributed by atoms with van der Waals surface area (Å²) in [5.74, 6) is 0.251. The molecular formula is C7H11ClO2. The quantitative estimate of drug-likeness (QED) is 0.497. The van der Waals surface area contributed by atoms with Gasteiger partial charge in [0, 0.05) is 12.3 Å². The Hall–Kier alpha value is -0.340. The summed E-state index contributed by atoms with van der Waals surface area (Å²) in [5.41, 5.74) is 0. The van der Waals surface area contributed by atoms with E-state index in [0.717, 1.165) is 0 Å². The fourth-order valence-corrected chi connectivity index (χ4v) is 0.624. The van der Waals surface area contributed by atoms with E-state index in [0.29, 0.717) is 5.88 Å². The van der Waals surface area contributed by atoms with Crippen molar-refractivity contribution in [3.8, 4) is 0 Å². The molecular weight excluding hydrogens is 152 g/mol. The van der Waals surface area contributed by atoms with Gasteiger partial charge >= 0.3 is 0 Å². The highest BCUT2D eigenvalue weighted by Crippen LogP contribution is 1.92. The van der Waals surface area contributed by atoms with Crippen LogP contribution in [0.4, 0.5) is 0 Å². The molecule has 0 aromatic rings. The zero-order chi connectivity index (χ0) is 7.98. The molecule has 0 amide bonds. The number of alkyl halides is 1. The molecule has 2 nitrogen and oxygen atoms in total. The number of hydrogen-bond acceptors (Lipinski definition) is 2. The molecule has 0 radical (unpaired) electrons. The molecule has 1 N–H and O–H groups in total. The fourth-order valence-electron chi connectivity index (χ4n) is 0.535. The van der Waals surface area contributed by atoms with E-state index in [1.54, 1.807) is 13.0 Å². The molecule has 3 heteroatoms. The Morgan fingerprint density at radius 1 is 1.80 bits per heavy atom. The van der Waals surface area contributed by atoms with Gasteiger partial charge in [-0.15, -0.1) is 11.6 Å². The van der Waals surface area contributed by atoms with Crippen molar-refractivity contribution in [2.45, 2.75) is 19.4 Å². The second kappa shape index (κ2) is 5.45. The molecule has 0 fully saturated rings. The normalized spacial score (nSPS) is 13.9. The third-order valence-electron chi connectivity index (χ3n) is 0.889. The van der Waals surface area contributed by atoms with Crippen LogP contribution in [0.1, 0.15) is 13.3 Å². The Kier molecular flexibility index (Phi) is 5.26. The van der Waals surface area contributed by atoms with Gasteiger partial charge in [-0.2, -0.15) is 0 Å². The van der Waals surface area contributed by atoms with Crippen molar-refractivity contribution >= 4 is 17.4 Å². The first-order valence-electron chi connectivity index (χ1n) is 3.10. The van der Waals surface area contributed by atoms with Crippen LogP contribution in [-0.2, 0) is 4.79 Å². The highest BCUT2D eigenvalue weighted by Gasteiger charge is 2.00. The minimum absolute atomic E-state index is 0.0874. The minimum atomic E-state index is -0.563. The van der Waals surface area contributed by atoms with Crippen molar-refractivity contribution in [1.29, 1.82) is 0 Å². The van der Waals surface area contributed by atoms with Crippen LogP contribution in [0.2, 0.25) is 0 Å². The Bertz CT molecular complexity index is 130. The van der Waals surface area contributed by atoms with Gasteiger partial charge in [0.2, 0.25) is 0 Å². The van der Waals surface area contributed by atoms with Gasteiger partial charge in [0.15, 0.2) is 5.78 Å². The molecule has 0 aromatic carbocycles. The van der Waals surface area contributed by atoms with E-state index < -0.39 is 6.10 Å². The molecule has 10 heavy (non-hydrogen) atoms. The summed E-state index contributed by atoms with van der Waals surface area (Å²) >= 11 is 5.28. The van der Waals surface area contributed by atoms with Gasteiger partial charge in [-0.05, 0) is 13.0 Å². The monoisotopic (exact) mass is 162 g/mol. The number of carbonyl (C=O) groups is 1. The molecule has 0 spiro atoms. The highest BCUT2D eigenvalue weighted by molar-refractivity contribution is 6.19. The number of ketones is 1. The average molecular weight is 163 g/mol. The van der Waals surface area contributed by atoms with Crippen LogP contribution in [0.3, 0.4) is 0 Å². The maximum Gasteiger partial charge on any atom is 0.157 e. The van der Waals surface area contributed by atoms with Crippen LogP contribution in [0, 0.1) is 0 Å². The number of rotatable bonds is 4. The summed E-state index contributed by atoms with van der Waals surface area (Å²) in [6.07, 6.45) is 2.56. The third-order valence-corrected chi connectivity index (χ3v) is 1.07. The summed E-state index contributed by atoms with van der Waals surface area (Å²) in [6, 6.07) is 0. The molecule has 0 heterocycles. The van der Waals surface area contributed by atoms with Crippen LogP contribution in [0.25, 0.3) is 0 Å². The first-order valence-corrected chi connectivity index (χ1v) is 3.63. The predicted octanol–water partition coefficient (Wildman–Crippen LogP) is 1.12. The van der Waals surface area contributed by atoms with Crippen molar-refractivity contribution < 1.29 is 9.90 Å². The van der Waals surface area contributed by atoms with Gasteiger partial charge in [-0.25, -0.2) is 0 Å². The Morgan fingerprint density at radius 3 is 2.80 bits per heavy atom. The van der Waals surface area contributed by atoms with Crippen LogP contribution in [0.15, 0.2) is 12.2 Å². The summed E-state index contributed by atoms with van der Waals surface area (Å²) in [6.45, 7) is 1.58.